The molecule has 4 heteroatoms. The number of hydrogen-bond donors (Lipinski definition) is 0. The molecule has 0 aromatic heterocycles. The van der Waals surface area contributed by atoms with Crippen LogP contribution in [0.5, 0.6) is 0 Å². The summed E-state index contributed by atoms with van der Waals surface area (Å²) in [7, 11) is 0. The van der Waals surface area contributed by atoms with Crippen molar-refractivity contribution in [1.29, 1.82) is 0 Å². The van der Waals surface area contributed by atoms with Crippen molar-refractivity contribution in [2.75, 3.05) is 13.1 Å². The van der Waals surface area contributed by atoms with Gasteiger partial charge in [0.15, 0.2) is 0 Å². The number of carbonyl (C=O) groups is 1. The second kappa shape index (κ2) is 5.35. The predicted octanol–water partition coefficient (Wildman–Crippen LogP) is 2.54. The first-order valence-electron chi connectivity index (χ1n) is 5.76. The Morgan fingerprint density at radius 3 is 2.59 bits per heavy atom. The average Bonchev–Trinajstić information content (AvgIpc) is 2.26. The minimum Gasteiger partial charge on any atom is -0.372 e. The van der Waals surface area contributed by atoms with Crippen molar-refractivity contribution in [2.24, 2.45) is 0 Å². The van der Waals surface area contributed by atoms with Crippen LogP contribution in [0.25, 0.3) is 0 Å². The summed E-state index contributed by atoms with van der Waals surface area (Å²) in [6.45, 7) is 5.36. The van der Waals surface area contributed by atoms with Gasteiger partial charge in [-0.2, -0.15) is 0 Å². The fraction of sp³-hybridized carbons (Fsp3) is 0.462. The van der Waals surface area contributed by atoms with E-state index >= 15 is 0 Å². The van der Waals surface area contributed by atoms with E-state index in [4.69, 9.17) is 4.74 Å². The van der Waals surface area contributed by atoms with Gasteiger partial charge in [-0.1, -0.05) is 6.07 Å². The lowest BCUT2D eigenvalue weighted by Gasteiger charge is -2.35. The van der Waals surface area contributed by atoms with Crippen molar-refractivity contribution < 1.29 is 9.53 Å². The molecule has 2 rings (SSSR count). The van der Waals surface area contributed by atoms with Gasteiger partial charge < -0.3 is 9.64 Å². The van der Waals surface area contributed by atoms with Crippen LogP contribution in [-0.4, -0.2) is 36.1 Å². The monoisotopic (exact) mass is 345 g/mol. The molecule has 0 saturated carbocycles. The molecule has 92 valence electrons. The Labute approximate surface area is 115 Å². The van der Waals surface area contributed by atoms with E-state index in [9.17, 15) is 4.79 Å². The van der Waals surface area contributed by atoms with Gasteiger partial charge in [0.05, 0.1) is 12.2 Å². The fourth-order valence-corrected chi connectivity index (χ4v) is 2.69. The van der Waals surface area contributed by atoms with Gasteiger partial charge in [0.1, 0.15) is 0 Å². The molecule has 17 heavy (non-hydrogen) atoms. The van der Waals surface area contributed by atoms with Gasteiger partial charge in [0.25, 0.3) is 5.91 Å². The van der Waals surface area contributed by atoms with Gasteiger partial charge in [0, 0.05) is 22.2 Å². The summed E-state index contributed by atoms with van der Waals surface area (Å²) in [5.41, 5.74) is 0.762. The number of hydrogen-bond acceptors (Lipinski definition) is 2. The van der Waals surface area contributed by atoms with Crippen LogP contribution in [0.4, 0.5) is 0 Å². The van der Waals surface area contributed by atoms with Crippen molar-refractivity contribution in [2.45, 2.75) is 26.1 Å². The number of nitrogens with zero attached hydrogens (tertiary/aromatic N) is 1. The highest BCUT2D eigenvalue weighted by atomic mass is 127. The summed E-state index contributed by atoms with van der Waals surface area (Å²) in [5, 5.41) is 0. The molecule has 1 heterocycles. The quantitative estimate of drug-likeness (QED) is 0.732. The summed E-state index contributed by atoms with van der Waals surface area (Å²) in [5.74, 6) is 0.102. The number of benzene rings is 1. The van der Waals surface area contributed by atoms with Crippen molar-refractivity contribution in [3.05, 3.63) is 33.4 Å². The third-order valence-electron chi connectivity index (χ3n) is 2.78. The standard InChI is InChI=1S/C13H16INO2/c1-9-7-15(8-10(2)17-9)13(16)11-4-3-5-12(14)6-11/h3-6,9-10H,7-8H2,1-2H3/t9-,10-/m0/s1. The third-order valence-corrected chi connectivity index (χ3v) is 3.45. The molecule has 0 spiro atoms. The van der Waals surface area contributed by atoms with E-state index in [1.165, 1.54) is 0 Å². The molecular formula is C13H16INO2. The number of carbonyl (C=O) groups excluding carboxylic acids is 1. The summed E-state index contributed by atoms with van der Waals surface area (Å²) in [4.78, 5) is 14.2. The van der Waals surface area contributed by atoms with Crippen molar-refractivity contribution in [1.82, 2.24) is 4.90 Å². The van der Waals surface area contributed by atoms with Gasteiger partial charge in [0.2, 0.25) is 0 Å². The van der Waals surface area contributed by atoms with Gasteiger partial charge in [-0.25, -0.2) is 0 Å². The summed E-state index contributed by atoms with van der Waals surface area (Å²) in [6, 6.07) is 7.70. The highest BCUT2D eigenvalue weighted by molar-refractivity contribution is 14.1. The average molecular weight is 345 g/mol. The van der Waals surface area contributed by atoms with Gasteiger partial charge in [-0.3, -0.25) is 4.79 Å². The Kier molecular flexibility index (Phi) is 4.04. The van der Waals surface area contributed by atoms with Crippen LogP contribution in [0.1, 0.15) is 24.2 Å². The molecule has 1 amide bonds. The lowest BCUT2D eigenvalue weighted by Crippen LogP contribution is -2.48. The van der Waals surface area contributed by atoms with Crippen LogP contribution in [-0.2, 0) is 4.74 Å². The molecule has 3 nitrogen and oxygen atoms in total. The van der Waals surface area contributed by atoms with E-state index in [0.717, 1.165) is 9.13 Å². The zero-order valence-electron chi connectivity index (χ0n) is 10.0. The summed E-state index contributed by atoms with van der Waals surface area (Å²) < 4.78 is 6.72. The molecule has 1 aliphatic rings. The van der Waals surface area contributed by atoms with Crippen LogP contribution in [0.3, 0.4) is 0 Å². The molecule has 2 atom stereocenters. The second-order valence-electron chi connectivity index (χ2n) is 4.48. The lowest BCUT2D eigenvalue weighted by molar-refractivity contribution is -0.0586. The van der Waals surface area contributed by atoms with E-state index in [2.05, 4.69) is 22.6 Å². The third kappa shape index (κ3) is 3.19. The molecule has 0 bridgehead atoms. The van der Waals surface area contributed by atoms with Crippen molar-refractivity contribution in [3.63, 3.8) is 0 Å². The topological polar surface area (TPSA) is 29.5 Å². The Morgan fingerprint density at radius 2 is 2.00 bits per heavy atom. The Morgan fingerprint density at radius 1 is 1.35 bits per heavy atom. The highest BCUT2D eigenvalue weighted by Crippen LogP contribution is 2.15. The molecule has 1 fully saturated rings. The van der Waals surface area contributed by atoms with Gasteiger partial charge in [-0.15, -0.1) is 0 Å². The van der Waals surface area contributed by atoms with Crippen LogP contribution in [0.2, 0.25) is 0 Å². The highest BCUT2D eigenvalue weighted by Gasteiger charge is 2.26. The van der Waals surface area contributed by atoms with Crippen LogP contribution in [0.15, 0.2) is 24.3 Å². The molecule has 0 aliphatic carbocycles. The zero-order valence-corrected chi connectivity index (χ0v) is 12.2. The summed E-state index contributed by atoms with van der Waals surface area (Å²) in [6.07, 6.45) is 0.232. The number of halogens is 1. The van der Waals surface area contributed by atoms with Gasteiger partial charge >= 0.3 is 0 Å². The molecule has 0 N–H and O–H groups in total. The molecule has 1 saturated heterocycles. The van der Waals surface area contributed by atoms with Crippen LogP contribution < -0.4 is 0 Å². The maximum atomic E-state index is 12.3. The van der Waals surface area contributed by atoms with Crippen LogP contribution >= 0.6 is 22.6 Å². The fourth-order valence-electron chi connectivity index (χ4n) is 2.15. The second-order valence-corrected chi connectivity index (χ2v) is 5.72. The predicted molar refractivity (Wildman–Crippen MR) is 75.1 cm³/mol. The largest absolute Gasteiger partial charge is 0.372 e. The first-order chi connectivity index (χ1) is 8.06. The maximum absolute atomic E-state index is 12.3. The molecule has 0 unspecified atom stereocenters. The minimum atomic E-state index is 0.102. The minimum absolute atomic E-state index is 0.102. The Balaban J connectivity index is 2.14. The molecule has 1 aromatic rings. The summed E-state index contributed by atoms with van der Waals surface area (Å²) >= 11 is 2.22. The first kappa shape index (κ1) is 12.8. The molecular weight excluding hydrogens is 329 g/mol. The van der Waals surface area contributed by atoms with Crippen molar-refractivity contribution in [3.8, 4) is 0 Å². The number of amides is 1. The van der Waals surface area contributed by atoms with E-state index in [1.54, 1.807) is 0 Å². The molecule has 1 aliphatic heterocycles. The Bertz CT molecular complexity index is 412. The van der Waals surface area contributed by atoms with Gasteiger partial charge in [-0.05, 0) is 54.6 Å². The van der Waals surface area contributed by atoms with E-state index < -0.39 is 0 Å². The SMILES string of the molecule is C[C@H]1CN(C(=O)c2cccc(I)c2)C[C@H](C)O1. The zero-order chi connectivity index (χ0) is 12.4. The lowest BCUT2D eigenvalue weighted by atomic mass is 10.1. The molecule has 1 aromatic carbocycles. The maximum Gasteiger partial charge on any atom is 0.254 e. The first-order valence-corrected chi connectivity index (χ1v) is 6.84. The number of morpholine rings is 1. The molecule has 0 radical (unpaired) electrons. The number of ether oxygens (including phenoxy) is 1. The van der Waals surface area contributed by atoms with E-state index in [1.807, 2.05) is 43.0 Å². The number of rotatable bonds is 1. The van der Waals surface area contributed by atoms with Crippen molar-refractivity contribution >= 4 is 28.5 Å². The normalized spacial score (nSPS) is 24.8. The van der Waals surface area contributed by atoms with Crippen LogP contribution in [0, 0.1) is 3.57 Å². The van der Waals surface area contributed by atoms with E-state index in [-0.39, 0.29) is 18.1 Å². The van der Waals surface area contributed by atoms with E-state index in [0.29, 0.717) is 13.1 Å². The Hall–Kier alpha value is -0.620. The smallest absolute Gasteiger partial charge is 0.254 e.